The molecule has 6 nitrogen and oxygen atoms in total. The number of hydrogen-bond acceptors (Lipinski definition) is 4. The summed E-state index contributed by atoms with van der Waals surface area (Å²) in [5, 5.41) is 2.70. The van der Waals surface area contributed by atoms with Crippen molar-refractivity contribution in [2.75, 3.05) is 34.2 Å². The minimum absolute atomic E-state index is 0.0447. The summed E-state index contributed by atoms with van der Waals surface area (Å²) in [5.41, 5.74) is 0. The number of hydrogen-bond donors (Lipinski definition) is 1. The van der Waals surface area contributed by atoms with Crippen molar-refractivity contribution in [3.63, 3.8) is 0 Å². The Kier molecular flexibility index (Phi) is 12.2. The number of carbonyl (C=O) groups excluding carboxylic acids is 3. The van der Waals surface area contributed by atoms with Crippen molar-refractivity contribution in [3.05, 3.63) is 0 Å². The number of nitrogens with zero attached hydrogens (tertiary/aromatic N) is 2. The number of Topliss-reactive ketones (excluding diaryl/α,β-unsaturated/α-hetero) is 1. The molecule has 0 aromatic rings. The van der Waals surface area contributed by atoms with E-state index in [4.69, 9.17) is 0 Å². The smallest absolute Gasteiger partial charge is 0.243 e. The normalized spacial score (nSPS) is 11.1. The van der Waals surface area contributed by atoms with E-state index in [-0.39, 0.29) is 18.1 Å². The van der Waals surface area contributed by atoms with Crippen LogP contribution in [0.2, 0.25) is 0 Å². The van der Waals surface area contributed by atoms with E-state index in [1.807, 2.05) is 32.8 Å². The second-order valence-corrected chi connectivity index (χ2v) is 4.29. The second-order valence-electron chi connectivity index (χ2n) is 4.29. The first-order valence-electron chi connectivity index (χ1n) is 6.47. The summed E-state index contributed by atoms with van der Waals surface area (Å²) >= 11 is 0. The number of likely N-dealkylation sites (N-methyl/N-ethyl adjacent to an activating group) is 2. The first-order chi connectivity index (χ1) is 8.88. The molecular formula is C13H27N3O3. The molecule has 0 fully saturated rings. The fourth-order valence-corrected chi connectivity index (χ4v) is 1.29. The van der Waals surface area contributed by atoms with Gasteiger partial charge in [-0.25, -0.2) is 0 Å². The Balaban J connectivity index is 0. The number of rotatable bonds is 8. The van der Waals surface area contributed by atoms with Gasteiger partial charge in [0.25, 0.3) is 0 Å². The fraction of sp³-hybridized carbons (Fsp3) is 0.769. The van der Waals surface area contributed by atoms with Crippen LogP contribution in [0.15, 0.2) is 0 Å². The van der Waals surface area contributed by atoms with Gasteiger partial charge in [0.15, 0.2) is 0 Å². The second kappa shape index (κ2) is 11.6. The van der Waals surface area contributed by atoms with Crippen LogP contribution in [-0.4, -0.2) is 68.2 Å². The van der Waals surface area contributed by atoms with E-state index in [2.05, 4.69) is 5.32 Å². The number of carbonyl (C=O) groups is 3. The lowest BCUT2D eigenvalue weighted by Gasteiger charge is -2.23. The maximum Gasteiger partial charge on any atom is 0.243 e. The molecule has 2 amide bonds. The van der Waals surface area contributed by atoms with Gasteiger partial charge in [-0.15, -0.1) is 0 Å². The first kappa shape index (κ1) is 19.9. The molecule has 1 atom stereocenters. The molecule has 0 radical (unpaired) electrons. The zero-order valence-electron chi connectivity index (χ0n) is 12.9. The van der Waals surface area contributed by atoms with Crippen LogP contribution in [0.1, 0.15) is 27.2 Å². The first-order valence-corrected chi connectivity index (χ1v) is 6.47. The van der Waals surface area contributed by atoms with Crippen molar-refractivity contribution in [1.82, 2.24) is 15.1 Å². The Morgan fingerprint density at radius 1 is 1.21 bits per heavy atom. The van der Waals surface area contributed by atoms with E-state index in [0.29, 0.717) is 19.5 Å². The van der Waals surface area contributed by atoms with Crippen LogP contribution >= 0.6 is 0 Å². The molecule has 1 unspecified atom stereocenters. The molecule has 6 heteroatoms. The van der Waals surface area contributed by atoms with Crippen molar-refractivity contribution >= 4 is 18.1 Å². The van der Waals surface area contributed by atoms with Crippen molar-refractivity contribution in [1.29, 1.82) is 0 Å². The van der Waals surface area contributed by atoms with Gasteiger partial charge in [0.2, 0.25) is 12.3 Å². The average Bonchev–Trinajstić information content (AvgIpc) is 2.36. The molecular weight excluding hydrogens is 246 g/mol. The molecule has 0 aliphatic rings. The Hall–Kier alpha value is -1.43. The van der Waals surface area contributed by atoms with Gasteiger partial charge in [-0.2, -0.15) is 0 Å². The lowest BCUT2D eigenvalue weighted by molar-refractivity contribution is -0.134. The van der Waals surface area contributed by atoms with E-state index < -0.39 is 6.04 Å². The van der Waals surface area contributed by atoms with E-state index in [1.165, 1.54) is 18.9 Å². The fourth-order valence-electron chi connectivity index (χ4n) is 1.29. The van der Waals surface area contributed by atoms with Gasteiger partial charge in [0.05, 0.1) is 0 Å². The lowest BCUT2D eigenvalue weighted by atomic mass is 10.1. The summed E-state index contributed by atoms with van der Waals surface area (Å²) in [7, 11) is 5.29. The molecule has 0 saturated heterocycles. The highest BCUT2D eigenvalue weighted by Crippen LogP contribution is 2.01. The maximum absolute atomic E-state index is 11.8. The molecule has 0 rings (SSSR count). The van der Waals surface area contributed by atoms with Crippen LogP contribution in [0.4, 0.5) is 0 Å². The number of nitrogens with one attached hydrogen (secondary N) is 1. The zero-order valence-corrected chi connectivity index (χ0v) is 12.9. The summed E-state index contributed by atoms with van der Waals surface area (Å²) in [5.74, 6) is -0.414. The van der Waals surface area contributed by atoms with Crippen LogP contribution in [0.25, 0.3) is 0 Å². The van der Waals surface area contributed by atoms with Crippen LogP contribution in [0.3, 0.4) is 0 Å². The monoisotopic (exact) mass is 273 g/mol. The highest BCUT2D eigenvalue weighted by Gasteiger charge is 2.23. The van der Waals surface area contributed by atoms with Gasteiger partial charge in [-0.05, 0) is 21.0 Å². The molecule has 0 heterocycles. The Morgan fingerprint density at radius 3 is 2.11 bits per heavy atom. The third kappa shape index (κ3) is 10.2. The van der Waals surface area contributed by atoms with Crippen LogP contribution in [-0.2, 0) is 14.4 Å². The molecule has 0 aromatic heterocycles. The van der Waals surface area contributed by atoms with Crippen LogP contribution < -0.4 is 5.32 Å². The van der Waals surface area contributed by atoms with E-state index in [9.17, 15) is 14.4 Å². The predicted molar refractivity (Wildman–Crippen MR) is 75.8 cm³/mol. The van der Waals surface area contributed by atoms with E-state index in [1.54, 1.807) is 0 Å². The molecule has 0 aliphatic carbocycles. The Bertz CT molecular complexity index is 280. The third-order valence-electron chi connectivity index (χ3n) is 2.30. The topological polar surface area (TPSA) is 69.7 Å². The van der Waals surface area contributed by atoms with E-state index >= 15 is 0 Å². The minimum atomic E-state index is -0.716. The van der Waals surface area contributed by atoms with Gasteiger partial charge in [0.1, 0.15) is 11.8 Å². The molecule has 0 saturated carbocycles. The van der Waals surface area contributed by atoms with Crippen LogP contribution in [0.5, 0.6) is 0 Å². The summed E-state index contributed by atoms with van der Waals surface area (Å²) < 4.78 is 0. The Labute approximate surface area is 116 Å². The van der Waals surface area contributed by atoms with Gasteiger partial charge in [-0.3, -0.25) is 14.4 Å². The van der Waals surface area contributed by atoms with Crippen molar-refractivity contribution in [3.8, 4) is 0 Å². The third-order valence-corrected chi connectivity index (χ3v) is 2.30. The van der Waals surface area contributed by atoms with Gasteiger partial charge < -0.3 is 15.1 Å². The summed E-state index contributed by atoms with van der Waals surface area (Å²) in [6.45, 7) is 6.61. The van der Waals surface area contributed by atoms with Crippen LogP contribution in [0, 0.1) is 0 Å². The van der Waals surface area contributed by atoms with Gasteiger partial charge in [0, 0.05) is 26.6 Å². The van der Waals surface area contributed by atoms with Gasteiger partial charge in [-0.1, -0.05) is 13.8 Å². The highest BCUT2D eigenvalue weighted by molar-refractivity contribution is 5.89. The minimum Gasteiger partial charge on any atom is -0.353 e. The van der Waals surface area contributed by atoms with Crippen molar-refractivity contribution in [2.45, 2.75) is 33.2 Å². The molecule has 19 heavy (non-hydrogen) atoms. The summed E-state index contributed by atoms with van der Waals surface area (Å²) in [4.78, 5) is 36.6. The average molecular weight is 273 g/mol. The van der Waals surface area contributed by atoms with E-state index in [0.717, 1.165) is 0 Å². The summed E-state index contributed by atoms with van der Waals surface area (Å²) in [6.07, 6.45) is 0.599. The molecule has 0 aromatic carbocycles. The largest absolute Gasteiger partial charge is 0.353 e. The number of amides is 2. The number of ketones is 1. The highest BCUT2D eigenvalue weighted by atomic mass is 16.2. The molecule has 112 valence electrons. The van der Waals surface area contributed by atoms with Gasteiger partial charge >= 0.3 is 0 Å². The lowest BCUT2D eigenvalue weighted by Crippen LogP contribution is -2.47. The van der Waals surface area contributed by atoms with Crippen molar-refractivity contribution < 1.29 is 14.4 Å². The summed E-state index contributed by atoms with van der Waals surface area (Å²) in [6, 6.07) is -0.716. The molecule has 1 N–H and O–H groups in total. The Morgan fingerprint density at radius 2 is 1.74 bits per heavy atom. The SMILES string of the molecule is CC.CC(=O)CC(C(=O)NCCN(C)C)N(C)C=O. The molecule has 0 spiro atoms. The quantitative estimate of drug-likeness (QED) is 0.638. The predicted octanol–water partition coefficient (Wildman–Crippen LogP) is 0.126. The zero-order chi connectivity index (χ0) is 15.4. The van der Waals surface area contributed by atoms with Crippen molar-refractivity contribution in [2.24, 2.45) is 0 Å². The molecule has 0 bridgehead atoms. The maximum atomic E-state index is 11.8. The standard InChI is InChI=1S/C11H21N3O3.C2H6/c1-9(16)7-10(14(4)8-15)11(17)12-5-6-13(2)3;1-2/h8,10H,5-7H2,1-4H3,(H,12,17);1-2H3. The molecule has 0 aliphatic heterocycles.